The van der Waals surface area contributed by atoms with Gasteiger partial charge in [-0.2, -0.15) is 11.3 Å². The smallest absolute Gasteiger partial charge is 0.188 e. The summed E-state index contributed by atoms with van der Waals surface area (Å²) in [4.78, 5) is 15.3. The lowest BCUT2D eigenvalue weighted by molar-refractivity contribution is 0.316. The number of nitrogens with zero attached hydrogens (tertiary/aromatic N) is 4. The maximum atomic E-state index is 4.60. The Bertz CT molecular complexity index is 649. The van der Waals surface area contributed by atoms with Crippen molar-refractivity contribution in [3.8, 4) is 10.8 Å². The fourth-order valence-corrected chi connectivity index (χ4v) is 3.33. The monoisotopic (exact) mass is 302 g/mol. The molecule has 0 unspecified atom stereocenters. The summed E-state index contributed by atoms with van der Waals surface area (Å²) in [6, 6.07) is 3.97. The number of aromatic nitrogens is 3. The zero-order valence-corrected chi connectivity index (χ0v) is 12.7. The van der Waals surface area contributed by atoms with Crippen molar-refractivity contribution in [2.75, 3.05) is 7.05 Å². The van der Waals surface area contributed by atoms with Crippen LogP contribution in [-0.4, -0.2) is 26.9 Å². The fourth-order valence-electron chi connectivity index (χ4n) is 1.92. The van der Waals surface area contributed by atoms with E-state index in [1.54, 1.807) is 35.1 Å². The molecule has 0 aliphatic heterocycles. The van der Waals surface area contributed by atoms with Crippen LogP contribution in [-0.2, 0) is 13.1 Å². The van der Waals surface area contributed by atoms with Crippen molar-refractivity contribution in [1.29, 1.82) is 0 Å². The van der Waals surface area contributed by atoms with Crippen LogP contribution in [0.1, 0.15) is 11.3 Å². The summed E-state index contributed by atoms with van der Waals surface area (Å²) in [5.41, 5.74) is 2.41. The summed E-state index contributed by atoms with van der Waals surface area (Å²) >= 11 is 3.32. The van der Waals surface area contributed by atoms with Crippen LogP contribution in [0.4, 0.5) is 0 Å². The van der Waals surface area contributed by atoms with Crippen LogP contribution in [0.2, 0.25) is 0 Å². The molecule has 0 spiro atoms. The third kappa shape index (κ3) is 3.27. The van der Waals surface area contributed by atoms with Crippen molar-refractivity contribution < 1.29 is 0 Å². The number of thiophene rings is 1. The number of hydrogen-bond donors (Lipinski definition) is 0. The number of hydrogen-bond acceptors (Lipinski definition) is 6. The van der Waals surface area contributed by atoms with Crippen molar-refractivity contribution in [3.05, 3.63) is 51.9 Å². The highest BCUT2D eigenvalue weighted by Gasteiger charge is 2.09. The van der Waals surface area contributed by atoms with Crippen LogP contribution < -0.4 is 0 Å². The first-order valence-electron chi connectivity index (χ1n) is 6.22. The maximum Gasteiger partial charge on any atom is 0.188 e. The first kappa shape index (κ1) is 13.4. The Morgan fingerprint density at radius 1 is 1.15 bits per heavy atom. The van der Waals surface area contributed by atoms with Crippen LogP contribution >= 0.6 is 22.7 Å². The molecule has 3 heterocycles. The Morgan fingerprint density at radius 2 is 2.00 bits per heavy atom. The van der Waals surface area contributed by atoms with Crippen LogP contribution in [0.5, 0.6) is 0 Å². The van der Waals surface area contributed by atoms with E-state index in [4.69, 9.17) is 0 Å². The highest BCUT2D eigenvalue weighted by molar-refractivity contribution is 7.13. The summed E-state index contributed by atoms with van der Waals surface area (Å²) in [6.45, 7) is 1.78. The normalized spacial score (nSPS) is 11.1. The van der Waals surface area contributed by atoms with E-state index in [1.807, 2.05) is 6.07 Å². The minimum absolute atomic E-state index is 0.698. The molecule has 20 heavy (non-hydrogen) atoms. The van der Waals surface area contributed by atoms with Crippen LogP contribution in [0.25, 0.3) is 10.8 Å². The van der Waals surface area contributed by atoms with Gasteiger partial charge in [-0.05, 0) is 35.5 Å². The standard InChI is InChI=1S/C14H14N4S2/c1-18(7-11-3-6-19-9-11)8-12-10-20-14(17-12)13-15-4-2-5-16-13/h2-6,9-10H,7-8H2,1H3. The van der Waals surface area contributed by atoms with E-state index in [0.717, 1.165) is 23.8 Å². The maximum absolute atomic E-state index is 4.60. The zero-order chi connectivity index (χ0) is 13.8. The van der Waals surface area contributed by atoms with Crippen molar-refractivity contribution in [3.63, 3.8) is 0 Å². The van der Waals surface area contributed by atoms with Gasteiger partial charge in [-0.1, -0.05) is 0 Å². The average molecular weight is 302 g/mol. The van der Waals surface area contributed by atoms with E-state index < -0.39 is 0 Å². The minimum Gasteiger partial charge on any atom is -0.296 e. The zero-order valence-electron chi connectivity index (χ0n) is 11.1. The molecular formula is C14H14N4S2. The van der Waals surface area contributed by atoms with E-state index >= 15 is 0 Å². The lowest BCUT2D eigenvalue weighted by atomic mass is 10.3. The van der Waals surface area contributed by atoms with Gasteiger partial charge in [-0.3, -0.25) is 4.90 Å². The summed E-state index contributed by atoms with van der Waals surface area (Å²) in [7, 11) is 2.11. The highest BCUT2D eigenvalue weighted by Crippen LogP contribution is 2.20. The molecule has 0 fully saturated rings. The molecule has 0 radical (unpaired) electrons. The predicted octanol–water partition coefficient (Wildman–Crippen LogP) is 3.29. The van der Waals surface area contributed by atoms with Crippen molar-refractivity contribution >= 4 is 22.7 Å². The largest absolute Gasteiger partial charge is 0.296 e. The van der Waals surface area contributed by atoms with E-state index in [1.165, 1.54) is 5.56 Å². The summed E-state index contributed by atoms with van der Waals surface area (Å²) in [6.07, 6.45) is 3.48. The number of thiazole rings is 1. The molecule has 3 aromatic rings. The topological polar surface area (TPSA) is 41.9 Å². The van der Waals surface area contributed by atoms with Crippen molar-refractivity contribution in [2.45, 2.75) is 13.1 Å². The van der Waals surface area contributed by atoms with Gasteiger partial charge in [0.2, 0.25) is 0 Å². The summed E-state index contributed by atoms with van der Waals surface area (Å²) < 4.78 is 0. The lowest BCUT2D eigenvalue weighted by Crippen LogP contribution is -2.17. The van der Waals surface area contributed by atoms with Gasteiger partial charge < -0.3 is 0 Å². The van der Waals surface area contributed by atoms with E-state index in [2.05, 4.69) is 49.1 Å². The Hall–Kier alpha value is -1.63. The second-order valence-electron chi connectivity index (χ2n) is 4.52. The average Bonchev–Trinajstić information content (AvgIpc) is 3.11. The molecule has 0 aromatic carbocycles. The van der Waals surface area contributed by atoms with E-state index in [0.29, 0.717) is 5.82 Å². The van der Waals surface area contributed by atoms with Crippen LogP contribution in [0, 0.1) is 0 Å². The molecule has 0 aliphatic rings. The van der Waals surface area contributed by atoms with Gasteiger partial charge in [0.05, 0.1) is 5.69 Å². The van der Waals surface area contributed by atoms with Gasteiger partial charge >= 0.3 is 0 Å². The SMILES string of the molecule is CN(Cc1ccsc1)Cc1csc(-c2ncccn2)n1. The van der Waals surface area contributed by atoms with Crippen molar-refractivity contribution in [1.82, 2.24) is 19.9 Å². The molecule has 0 saturated carbocycles. The van der Waals surface area contributed by atoms with Gasteiger partial charge in [-0.25, -0.2) is 15.0 Å². The van der Waals surface area contributed by atoms with Crippen LogP contribution in [0.3, 0.4) is 0 Å². The highest BCUT2D eigenvalue weighted by atomic mass is 32.1. The first-order chi connectivity index (χ1) is 9.81. The molecule has 0 atom stereocenters. The molecule has 6 heteroatoms. The minimum atomic E-state index is 0.698. The lowest BCUT2D eigenvalue weighted by Gasteiger charge is -2.13. The molecular weight excluding hydrogens is 288 g/mol. The molecule has 3 aromatic heterocycles. The van der Waals surface area contributed by atoms with Gasteiger partial charge in [0.25, 0.3) is 0 Å². The fraction of sp³-hybridized carbons (Fsp3) is 0.214. The van der Waals surface area contributed by atoms with Gasteiger partial charge in [-0.15, -0.1) is 11.3 Å². The molecule has 3 rings (SSSR count). The molecule has 0 saturated heterocycles. The quantitative estimate of drug-likeness (QED) is 0.725. The third-order valence-corrected chi connectivity index (χ3v) is 4.39. The molecule has 0 N–H and O–H groups in total. The van der Waals surface area contributed by atoms with Crippen molar-refractivity contribution in [2.24, 2.45) is 0 Å². The van der Waals surface area contributed by atoms with E-state index in [9.17, 15) is 0 Å². The second-order valence-corrected chi connectivity index (χ2v) is 6.16. The second kappa shape index (κ2) is 6.21. The van der Waals surface area contributed by atoms with Gasteiger partial charge in [0, 0.05) is 30.9 Å². The Kier molecular flexibility index (Phi) is 4.15. The van der Waals surface area contributed by atoms with Gasteiger partial charge in [0.15, 0.2) is 10.8 Å². The molecule has 0 aliphatic carbocycles. The Morgan fingerprint density at radius 3 is 2.75 bits per heavy atom. The van der Waals surface area contributed by atoms with Gasteiger partial charge in [0.1, 0.15) is 0 Å². The summed E-state index contributed by atoms with van der Waals surface area (Å²) in [5, 5.41) is 7.25. The molecule has 4 nitrogen and oxygen atoms in total. The summed E-state index contributed by atoms with van der Waals surface area (Å²) in [5.74, 6) is 0.698. The predicted molar refractivity (Wildman–Crippen MR) is 82.6 cm³/mol. The third-order valence-electron chi connectivity index (χ3n) is 2.77. The Balaban J connectivity index is 1.65. The number of rotatable bonds is 5. The molecule has 102 valence electrons. The molecule has 0 bridgehead atoms. The molecule has 0 amide bonds. The Labute approximate surface area is 125 Å². The first-order valence-corrected chi connectivity index (χ1v) is 8.05. The van der Waals surface area contributed by atoms with Crippen LogP contribution in [0.15, 0.2) is 40.7 Å². The van der Waals surface area contributed by atoms with E-state index in [-0.39, 0.29) is 0 Å².